The lowest BCUT2D eigenvalue weighted by Gasteiger charge is -2.38. The fourth-order valence-corrected chi connectivity index (χ4v) is 2.42. The van der Waals surface area contributed by atoms with Crippen LogP contribution in [0.2, 0.25) is 0 Å². The molecule has 12 heavy (non-hydrogen) atoms. The summed E-state index contributed by atoms with van der Waals surface area (Å²) in [6.45, 7) is 2.03. The quantitative estimate of drug-likeness (QED) is 0.600. The molecule has 0 bridgehead atoms. The van der Waals surface area contributed by atoms with Crippen LogP contribution in [0.3, 0.4) is 0 Å². The van der Waals surface area contributed by atoms with Crippen molar-refractivity contribution < 1.29 is 4.74 Å². The summed E-state index contributed by atoms with van der Waals surface area (Å²) >= 11 is 0. The van der Waals surface area contributed by atoms with Gasteiger partial charge >= 0.3 is 0 Å². The first kappa shape index (κ1) is 8.48. The molecule has 0 saturated carbocycles. The molecule has 2 N–H and O–H groups in total. The lowest BCUT2D eigenvalue weighted by molar-refractivity contribution is -0.0897. The molecule has 0 aliphatic carbocycles. The highest BCUT2D eigenvalue weighted by atomic mass is 16.5. The van der Waals surface area contributed by atoms with E-state index in [0.29, 0.717) is 6.17 Å². The van der Waals surface area contributed by atoms with Gasteiger partial charge in [-0.1, -0.05) is 0 Å². The summed E-state index contributed by atoms with van der Waals surface area (Å²) in [5.74, 6) is 0. The van der Waals surface area contributed by atoms with Crippen molar-refractivity contribution in [1.29, 1.82) is 0 Å². The van der Waals surface area contributed by atoms with Gasteiger partial charge in [0.2, 0.25) is 0 Å². The second-order valence-electron chi connectivity index (χ2n) is 3.80. The van der Waals surface area contributed by atoms with E-state index >= 15 is 0 Å². The van der Waals surface area contributed by atoms with Crippen molar-refractivity contribution in [2.24, 2.45) is 0 Å². The third kappa shape index (κ3) is 1.26. The minimum atomic E-state index is 0.118. The van der Waals surface area contributed by atoms with Crippen molar-refractivity contribution in [3.63, 3.8) is 0 Å². The Bertz CT molecular complexity index is 155. The maximum atomic E-state index is 5.90. The lowest BCUT2D eigenvalue weighted by atomic mass is 9.90. The van der Waals surface area contributed by atoms with Crippen molar-refractivity contribution in [2.75, 3.05) is 20.2 Å². The van der Waals surface area contributed by atoms with Crippen LogP contribution in [0, 0.1) is 0 Å². The smallest absolute Gasteiger partial charge is 0.0977 e. The predicted molar refractivity (Wildman–Crippen MR) is 48.0 cm³/mol. The van der Waals surface area contributed by atoms with E-state index in [0.717, 1.165) is 13.2 Å². The van der Waals surface area contributed by atoms with E-state index in [1.807, 2.05) is 7.05 Å². The monoisotopic (exact) mass is 170 g/mol. The van der Waals surface area contributed by atoms with Crippen LogP contribution in [0.1, 0.15) is 25.7 Å². The van der Waals surface area contributed by atoms with Gasteiger partial charge in [0, 0.05) is 6.61 Å². The third-order valence-corrected chi connectivity index (χ3v) is 3.10. The molecule has 70 valence electrons. The summed E-state index contributed by atoms with van der Waals surface area (Å²) in [5, 5.41) is 6.72. The van der Waals surface area contributed by atoms with E-state index in [-0.39, 0.29) is 5.60 Å². The molecule has 0 aromatic carbocycles. The molecule has 2 atom stereocenters. The Balaban J connectivity index is 2.05. The standard InChI is InChI=1S/C9H18N2O/c1-10-8-9(5-6-11-8)4-2-3-7-12-9/h8,10-11H,2-7H2,1H3. The van der Waals surface area contributed by atoms with Gasteiger partial charge in [0.25, 0.3) is 0 Å². The van der Waals surface area contributed by atoms with Gasteiger partial charge in [-0.3, -0.25) is 5.32 Å². The summed E-state index contributed by atoms with van der Waals surface area (Å²) < 4.78 is 5.90. The predicted octanol–water partition coefficient (Wildman–Crippen LogP) is 0.464. The molecule has 3 nitrogen and oxygen atoms in total. The molecule has 2 aliphatic heterocycles. The number of hydrogen-bond donors (Lipinski definition) is 2. The molecule has 1 spiro atoms. The average Bonchev–Trinajstić information content (AvgIpc) is 2.49. The van der Waals surface area contributed by atoms with E-state index in [1.54, 1.807) is 0 Å². The molecule has 0 aromatic heterocycles. The highest BCUT2D eigenvalue weighted by Crippen LogP contribution is 2.33. The first-order valence-electron chi connectivity index (χ1n) is 4.92. The van der Waals surface area contributed by atoms with Crippen LogP contribution >= 0.6 is 0 Å². The number of likely N-dealkylation sites (N-methyl/N-ethyl adjacent to an activating group) is 1. The molecule has 3 heteroatoms. The van der Waals surface area contributed by atoms with Gasteiger partial charge < -0.3 is 10.1 Å². The molecular weight excluding hydrogens is 152 g/mol. The Morgan fingerprint density at radius 2 is 2.33 bits per heavy atom. The molecule has 0 aromatic rings. The zero-order chi connectivity index (χ0) is 8.44. The molecule has 2 saturated heterocycles. The molecular formula is C9H18N2O. The Morgan fingerprint density at radius 1 is 1.42 bits per heavy atom. The lowest BCUT2D eigenvalue weighted by Crippen LogP contribution is -2.53. The Hall–Kier alpha value is -0.120. The SMILES string of the molecule is CNC1NCCC12CCCCO2. The van der Waals surface area contributed by atoms with Crippen LogP contribution in [-0.4, -0.2) is 32.0 Å². The average molecular weight is 170 g/mol. The van der Waals surface area contributed by atoms with Gasteiger partial charge in [-0.15, -0.1) is 0 Å². The van der Waals surface area contributed by atoms with Crippen molar-refractivity contribution in [2.45, 2.75) is 37.5 Å². The molecule has 2 fully saturated rings. The molecule has 2 heterocycles. The first-order chi connectivity index (χ1) is 5.87. The normalized spacial score (nSPS) is 42.2. The van der Waals surface area contributed by atoms with E-state index in [1.165, 1.54) is 25.7 Å². The van der Waals surface area contributed by atoms with Crippen molar-refractivity contribution in [3.05, 3.63) is 0 Å². The van der Waals surface area contributed by atoms with Crippen molar-refractivity contribution >= 4 is 0 Å². The highest BCUT2D eigenvalue weighted by Gasteiger charge is 2.43. The minimum Gasteiger partial charge on any atom is -0.372 e. The minimum absolute atomic E-state index is 0.118. The third-order valence-electron chi connectivity index (χ3n) is 3.10. The Labute approximate surface area is 73.9 Å². The number of rotatable bonds is 1. The van der Waals surface area contributed by atoms with Crippen molar-refractivity contribution in [3.8, 4) is 0 Å². The summed E-state index contributed by atoms with van der Waals surface area (Å²) in [7, 11) is 2.00. The van der Waals surface area contributed by atoms with Gasteiger partial charge in [-0.2, -0.15) is 0 Å². The van der Waals surface area contributed by atoms with Crippen LogP contribution in [0.5, 0.6) is 0 Å². The van der Waals surface area contributed by atoms with Gasteiger partial charge in [0.1, 0.15) is 0 Å². The fraction of sp³-hybridized carbons (Fsp3) is 1.00. The zero-order valence-corrected chi connectivity index (χ0v) is 7.73. The van der Waals surface area contributed by atoms with Gasteiger partial charge in [-0.05, 0) is 39.3 Å². The number of ether oxygens (including phenoxy) is 1. The topological polar surface area (TPSA) is 33.3 Å². The zero-order valence-electron chi connectivity index (χ0n) is 7.73. The summed E-state index contributed by atoms with van der Waals surface area (Å²) in [5.41, 5.74) is 0.118. The summed E-state index contributed by atoms with van der Waals surface area (Å²) in [6.07, 6.45) is 5.31. The first-order valence-corrected chi connectivity index (χ1v) is 4.92. The van der Waals surface area contributed by atoms with E-state index in [4.69, 9.17) is 4.74 Å². The van der Waals surface area contributed by atoms with Gasteiger partial charge in [-0.25, -0.2) is 0 Å². The largest absolute Gasteiger partial charge is 0.372 e. The van der Waals surface area contributed by atoms with E-state index < -0.39 is 0 Å². The van der Waals surface area contributed by atoms with Crippen molar-refractivity contribution in [1.82, 2.24) is 10.6 Å². The van der Waals surface area contributed by atoms with Gasteiger partial charge in [0.15, 0.2) is 0 Å². The Morgan fingerprint density at radius 3 is 3.00 bits per heavy atom. The van der Waals surface area contributed by atoms with Crippen LogP contribution in [0.4, 0.5) is 0 Å². The van der Waals surface area contributed by atoms with Crippen LogP contribution in [0.15, 0.2) is 0 Å². The van der Waals surface area contributed by atoms with Crippen LogP contribution < -0.4 is 10.6 Å². The number of nitrogens with one attached hydrogen (secondary N) is 2. The van der Waals surface area contributed by atoms with E-state index in [9.17, 15) is 0 Å². The molecule has 0 amide bonds. The second kappa shape index (κ2) is 3.32. The van der Waals surface area contributed by atoms with Gasteiger partial charge in [0.05, 0.1) is 11.8 Å². The van der Waals surface area contributed by atoms with Crippen LogP contribution in [-0.2, 0) is 4.74 Å². The summed E-state index contributed by atoms with van der Waals surface area (Å²) in [6, 6.07) is 0. The second-order valence-corrected chi connectivity index (χ2v) is 3.80. The maximum Gasteiger partial charge on any atom is 0.0977 e. The van der Waals surface area contributed by atoms with Crippen LogP contribution in [0.25, 0.3) is 0 Å². The van der Waals surface area contributed by atoms with E-state index in [2.05, 4.69) is 10.6 Å². The molecule has 2 rings (SSSR count). The molecule has 2 unspecified atom stereocenters. The Kier molecular flexibility index (Phi) is 2.35. The fourth-order valence-electron chi connectivity index (χ4n) is 2.42. The summed E-state index contributed by atoms with van der Waals surface area (Å²) in [4.78, 5) is 0. The molecule has 2 aliphatic rings. The number of hydrogen-bond acceptors (Lipinski definition) is 3. The maximum absolute atomic E-state index is 5.90. The molecule has 0 radical (unpaired) electrons. The highest BCUT2D eigenvalue weighted by molar-refractivity contribution is 4.98.